The van der Waals surface area contributed by atoms with Gasteiger partial charge in [0.1, 0.15) is 9.84 Å². The quantitative estimate of drug-likeness (QED) is 0.821. The van der Waals surface area contributed by atoms with Gasteiger partial charge in [-0.15, -0.1) is 0 Å². The van der Waals surface area contributed by atoms with Crippen molar-refractivity contribution in [2.45, 2.75) is 24.7 Å². The van der Waals surface area contributed by atoms with E-state index < -0.39 is 21.2 Å². The summed E-state index contributed by atoms with van der Waals surface area (Å²) >= 11 is 0. The summed E-state index contributed by atoms with van der Waals surface area (Å²) in [6.45, 7) is 0. The lowest BCUT2D eigenvalue weighted by atomic mass is 9.96. The maximum absolute atomic E-state index is 11.6. The van der Waals surface area contributed by atoms with Gasteiger partial charge in [-0.05, 0) is 30.5 Å². The molecule has 0 unspecified atom stereocenters. The third-order valence-electron chi connectivity index (χ3n) is 3.58. The first kappa shape index (κ1) is 15.5. The fourth-order valence-corrected chi connectivity index (χ4v) is 2.68. The van der Waals surface area contributed by atoms with Crippen LogP contribution in [0.2, 0.25) is 0 Å². The highest BCUT2D eigenvalue weighted by atomic mass is 32.2. The smallest absolute Gasteiger partial charge is 0.314 e. The number of carbonyl (C=O) groups excluding carboxylic acids is 1. The van der Waals surface area contributed by atoms with Crippen molar-refractivity contribution in [1.29, 1.82) is 0 Å². The van der Waals surface area contributed by atoms with E-state index in [2.05, 4.69) is 5.32 Å². The van der Waals surface area contributed by atoms with Gasteiger partial charge in [-0.3, -0.25) is 9.59 Å². The molecule has 0 heterocycles. The molecule has 1 fully saturated rings. The summed E-state index contributed by atoms with van der Waals surface area (Å²) in [7, 11) is -3.16. The molecule has 114 valence electrons. The lowest BCUT2D eigenvalue weighted by Gasteiger charge is -2.11. The Bertz CT molecular complexity index is 659. The summed E-state index contributed by atoms with van der Waals surface area (Å²) in [5.41, 5.74) is 0.487. The van der Waals surface area contributed by atoms with Crippen LogP contribution in [0.1, 0.15) is 24.8 Å². The number of amides is 1. The van der Waals surface area contributed by atoms with E-state index in [9.17, 15) is 23.1 Å². The first-order valence-corrected chi connectivity index (χ1v) is 8.60. The Morgan fingerprint density at radius 2 is 1.81 bits per heavy atom. The van der Waals surface area contributed by atoms with Gasteiger partial charge in [0, 0.05) is 18.4 Å². The zero-order chi connectivity index (χ0) is 15.7. The largest absolute Gasteiger partial charge is 0.481 e. The number of anilines is 1. The summed E-state index contributed by atoms with van der Waals surface area (Å²) < 4.78 is 22.0. The third-order valence-corrected chi connectivity index (χ3v) is 4.53. The standard InChI is InChI=1S/C14H17NO5S/c1-21(19,20)9-6-12(16)15-11-4-2-10(3-5-11)14(7-8-14)13(17)18/h2-5H,6-9H2,1H3,(H,15,16)(H,17,18). The molecule has 0 bridgehead atoms. The van der Waals surface area contributed by atoms with Crippen LogP contribution < -0.4 is 5.32 Å². The van der Waals surface area contributed by atoms with Crippen LogP contribution in [0.25, 0.3) is 0 Å². The Hall–Kier alpha value is -1.89. The van der Waals surface area contributed by atoms with Crippen molar-refractivity contribution in [3.8, 4) is 0 Å². The number of hydrogen-bond donors (Lipinski definition) is 2. The van der Waals surface area contributed by atoms with E-state index >= 15 is 0 Å². The Kier molecular flexibility index (Phi) is 4.04. The van der Waals surface area contributed by atoms with Crippen LogP contribution >= 0.6 is 0 Å². The number of benzene rings is 1. The molecule has 1 aliphatic carbocycles. The van der Waals surface area contributed by atoms with Crippen LogP contribution in [-0.4, -0.2) is 37.4 Å². The molecule has 7 heteroatoms. The van der Waals surface area contributed by atoms with Gasteiger partial charge in [0.2, 0.25) is 5.91 Å². The number of hydrogen-bond acceptors (Lipinski definition) is 4. The summed E-state index contributed by atoms with van der Waals surface area (Å²) in [5, 5.41) is 11.8. The Labute approximate surface area is 123 Å². The van der Waals surface area contributed by atoms with E-state index in [0.29, 0.717) is 18.5 Å². The summed E-state index contributed by atoms with van der Waals surface area (Å²) in [6.07, 6.45) is 2.24. The second-order valence-electron chi connectivity index (χ2n) is 5.39. The summed E-state index contributed by atoms with van der Waals surface area (Å²) in [4.78, 5) is 22.8. The maximum Gasteiger partial charge on any atom is 0.314 e. The van der Waals surface area contributed by atoms with Crippen molar-refractivity contribution in [2.75, 3.05) is 17.3 Å². The van der Waals surface area contributed by atoms with Crippen molar-refractivity contribution in [1.82, 2.24) is 0 Å². The predicted octanol–water partition coefficient (Wildman–Crippen LogP) is 1.18. The van der Waals surface area contributed by atoms with Gasteiger partial charge in [-0.1, -0.05) is 12.1 Å². The molecule has 1 aromatic carbocycles. The number of rotatable bonds is 6. The molecule has 2 N–H and O–H groups in total. The van der Waals surface area contributed by atoms with Gasteiger partial charge in [0.05, 0.1) is 11.2 Å². The molecule has 0 aliphatic heterocycles. The number of nitrogens with one attached hydrogen (secondary N) is 1. The zero-order valence-electron chi connectivity index (χ0n) is 11.6. The fraction of sp³-hybridized carbons (Fsp3) is 0.429. The van der Waals surface area contributed by atoms with E-state index in [1.54, 1.807) is 24.3 Å². The normalized spacial score (nSPS) is 16.2. The fourth-order valence-electron chi connectivity index (χ4n) is 2.13. The van der Waals surface area contributed by atoms with E-state index in [1.807, 2.05) is 0 Å². The summed E-state index contributed by atoms with van der Waals surface area (Å²) in [6, 6.07) is 6.65. The van der Waals surface area contributed by atoms with Crippen molar-refractivity contribution in [3.05, 3.63) is 29.8 Å². The van der Waals surface area contributed by atoms with Gasteiger partial charge in [-0.25, -0.2) is 8.42 Å². The number of carbonyl (C=O) groups is 2. The number of sulfone groups is 1. The molecular formula is C14H17NO5S. The molecule has 0 aromatic heterocycles. The average Bonchev–Trinajstić information content (AvgIpc) is 3.18. The van der Waals surface area contributed by atoms with Crippen LogP contribution in [0, 0.1) is 0 Å². The monoisotopic (exact) mass is 311 g/mol. The topological polar surface area (TPSA) is 101 Å². The van der Waals surface area contributed by atoms with E-state index in [0.717, 1.165) is 11.8 Å². The van der Waals surface area contributed by atoms with E-state index in [-0.39, 0.29) is 18.1 Å². The first-order valence-electron chi connectivity index (χ1n) is 6.54. The van der Waals surface area contributed by atoms with Crippen LogP contribution in [0.4, 0.5) is 5.69 Å². The van der Waals surface area contributed by atoms with Gasteiger partial charge in [-0.2, -0.15) is 0 Å². The predicted molar refractivity (Wildman–Crippen MR) is 77.9 cm³/mol. The highest BCUT2D eigenvalue weighted by Crippen LogP contribution is 2.48. The highest BCUT2D eigenvalue weighted by Gasteiger charge is 2.51. The molecule has 1 amide bonds. The Morgan fingerprint density at radius 1 is 1.24 bits per heavy atom. The van der Waals surface area contributed by atoms with E-state index in [4.69, 9.17) is 0 Å². The minimum absolute atomic E-state index is 0.0976. The molecule has 6 nitrogen and oxygen atoms in total. The molecule has 2 rings (SSSR count). The van der Waals surface area contributed by atoms with Gasteiger partial charge < -0.3 is 10.4 Å². The second kappa shape index (κ2) is 5.48. The molecule has 1 aromatic rings. The SMILES string of the molecule is CS(=O)(=O)CCC(=O)Nc1ccc(C2(C(=O)O)CC2)cc1. The van der Waals surface area contributed by atoms with Gasteiger partial charge >= 0.3 is 5.97 Å². The van der Waals surface area contributed by atoms with Crippen molar-refractivity contribution < 1.29 is 23.1 Å². The van der Waals surface area contributed by atoms with E-state index in [1.165, 1.54) is 0 Å². The van der Waals surface area contributed by atoms with Gasteiger partial charge in [0.15, 0.2) is 0 Å². The van der Waals surface area contributed by atoms with Crippen LogP contribution in [0.15, 0.2) is 24.3 Å². The average molecular weight is 311 g/mol. The second-order valence-corrected chi connectivity index (χ2v) is 7.65. The third kappa shape index (κ3) is 3.81. The van der Waals surface area contributed by atoms with Gasteiger partial charge in [0.25, 0.3) is 0 Å². The van der Waals surface area contributed by atoms with Crippen LogP contribution in [0.3, 0.4) is 0 Å². The van der Waals surface area contributed by atoms with Crippen molar-refractivity contribution in [2.24, 2.45) is 0 Å². The molecule has 21 heavy (non-hydrogen) atoms. The molecule has 0 spiro atoms. The molecule has 1 saturated carbocycles. The minimum atomic E-state index is -3.16. The number of carboxylic acids is 1. The summed E-state index contributed by atoms with van der Waals surface area (Å²) in [5.74, 6) is -1.40. The molecule has 0 radical (unpaired) electrons. The first-order chi connectivity index (χ1) is 9.73. The lowest BCUT2D eigenvalue weighted by Crippen LogP contribution is -2.19. The van der Waals surface area contributed by atoms with Crippen molar-refractivity contribution >= 4 is 27.4 Å². The maximum atomic E-state index is 11.6. The minimum Gasteiger partial charge on any atom is -0.481 e. The number of aliphatic carboxylic acids is 1. The molecule has 1 aliphatic rings. The van der Waals surface area contributed by atoms with Crippen molar-refractivity contribution in [3.63, 3.8) is 0 Å². The Morgan fingerprint density at radius 3 is 2.24 bits per heavy atom. The zero-order valence-corrected chi connectivity index (χ0v) is 12.4. The van der Waals surface area contributed by atoms with Crippen LogP contribution in [0.5, 0.6) is 0 Å². The highest BCUT2D eigenvalue weighted by molar-refractivity contribution is 7.90. The van der Waals surface area contributed by atoms with Crippen LogP contribution in [-0.2, 0) is 24.8 Å². The Balaban J connectivity index is 1.97. The molecule has 0 saturated heterocycles. The number of carboxylic acid groups (broad SMARTS) is 1. The lowest BCUT2D eigenvalue weighted by molar-refractivity contribution is -0.140. The molecule has 0 atom stereocenters. The molecular weight excluding hydrogens is 294 g/mol.